The van der Waals surface area contributed by atoms with Crippen LogP contribution in [0.2, 0.25) is 0 Å². The van der Waals surface area contributed by atoms with Crippen LogP contribution >= 0.6 is 0 Å². The van der Waals surface area contributed by atoms with Crippen LogP contribution < -0.4 is 14.8 Å². The van der Waals surface area contributed by atoms with Crippen molar-refractivity contribution in [2.24, 2.45) is 0 Å². The van der Waals surface area contributed by atoms with E-state index >= 15 is 0 Å². The van der Waals surface area contributed by atoms with Crippen molar-refractivity contribution in [3.63, 3.8) is 0 Å². The fraction of sp³-hybridized carbons (Fsp3) is 0.238. The number of aryl methyl sites for hydroxylation is 1. The first kappa shape index (κ1) is 21.4. The molecule has 0 bridgehead atoms. The van der Waals surface area contributed by atoms with E-state index in [9.17, 15) is 20.2 Å². The fourth-order valence-corrected chi connectivity index (χ4v) is 2.68. The maximum Gasteiger partial charge on any atom is 0.272 e. The topological polar surface area (TPSA) is 114 Å². The van der Waals surface area contributed by atoms with Crippen LogP contribution in [-0.2, 0) is 11.2 Å². The van der Waals surface area contributed by atoms with Crippen molar-refractivity contribution in [1.29, 1.82) is 5.26 Å². The van der Waals surface area contributed by atoms with Crippen LogP contribution in [0.1, 0.15) is 16.7 Å². The smallest absolute Gasteiger partial charge is 0.272 e. The van der Waals surface area contributed by atoms with E-state index < -0.39 is 10.8 Å². The molecule has 0 radical (unpaired) electrons. The third-order valence-electron chi connectivity index (χ3n) is 4.25. The number of nitriles is 1. The minimum atomic E-state index is -0.545. The van der Waals surface area contributed by atoms with E-state index in [0.717, 1.165) is 5.56 Å². The van der Waals surface area contributed by atoms with Crippen LogP contribution in [0.25, 0.3) is 6.08 Å². The van der Waals surface area contributed by atoms with E-state index in [-0.39, 0.29) is 11.3 Å². The average Bonchev–Trinajstić information content (AvgIpc) is 2.72. The fourth-order valence-electron chi connectivity index (χ4n) is 2.68. The number of carbonyl (C=O) groups is 1. The van der Waals surface area contributed by atoms with E-state index in [2.05, 4.69) is 5.32 Å². The Morgan fingerprint density at radius 1 is 1.21 bits per heavy atom. The lowest BCUT2D eigenvalue weighted by molar-refractivity contribution is -0.385. The van der Waals surface area contributed by atoms with Gasteiger partial charge in [-0.15, -0.1) is 0 Å². The van der Waals surface area contributed by atoms with Crippen LogP contribution in [0.3, 0.4) is 0 Å². The Bertz CT molecular complexity index is 992. The molecule has 29 heavy (non-hydrogen) atoms. The van der Waals surface area contributed by atoms with Gasteiger partial charge in [-0.2, -0.15) is 5.26 Å². The second kappa shape index (κ2) is 9.90. The maximum atomic E-state index is 12.3. The summed E-state index contributed by atoms with van der Waals surface area (Å²) >= 11 is 0. The summed E-state index contributed by atoms with van der Waals surface area (Å²) in [7, 11) is 3.10. The van der Waals surface area contributed by atoms with Gasteiger partial charge >= 0.3 is 0 Å². The average molecular weight is 395 g/mol. The number of nitrogens with zero attached hydrogens (tertiary/aromatic N) is 2. The molecule has 0 aliphatic rings. The van der Waals surface area contributed by atoms with Gasteiger partial charge < -0.3 is 14.8 Å². The Morgan fingerprint density at radius 3 is 2.55 bits per heavy atom. The molecule has 0 aliphatic carbocycles. The quantitative estimate of drug-likeness (QED) is 0.318. The molecule has 1 amide bonds. The molecule has 2 rings (SSSR count). The van der Waals surface area contributed by atoms with Gasteiger partial charge in [0.2, 0.25) is 0 Å². The second-order valence-electron chi connectivity index (χ2n) is 6.17. The third kappa shape index (κ3) is 5.56. The molecule has 0 saturated carbocycles. The van der Waals surface area contributed by atoms with Gasteiger partial charge in [0.15, 0.2) is 11.5 Å². The minimum Gasteiger partial charge on any atom is -0.493 e. The first-order valence-corrected chi connectivity index (χ1v) is 8.75. The zero-order valence-corrected chi connectivity index (χ0v) is 16.4. The van der Waals surface area contributed by atoms with Gasteiger partial charge in [-0.05, 0) is 42.7 Å². The van der Waals surface area contributed by atoms with Crippen molar-refractivity contribution >= 4 is 17.7 Å². The molecule has 2 aromatic carbocycles. The van der Waals surface area contributed by atoms with Crippen LogP contribution in [0.15, 0.2) is 42.0 Å². The largest absolute Gasteiger partial charge is 0.493 e. The molecule has 1 N–H and O–H groups in total. The molecule has 0 spiro atoms. The normalized spacial score (nSPS) is 10.8. The predicted octanol–water partition coefficient (Wildman–Crippen LogP) is 3.19. The number of nitrogens with one attached hydrogen (secondary N) is 1. The number of benzene rings is 2. The van der Waals surface area contributed by atoms with Crippen molar-refractivity contribution in [3.05, 3.63) is 68.8 Å². The number of methoxy groups -OCH3 is 2. The molecular weight excluding hydrogens is 374 g/mol. The maximum absolute atomic E-state index is 12.3. The van der Waals surface area contributed by atoms with Gasteiger partial charge in [-0.1, -0.05) is 18.2 Å². The van der Waals surface area contributed by atoms with Crippen molar-refractivity contribution in [1.82, 2.24) is 5.32 Å². The molecule has 8 heteroatoms. The lowest BCUT2D eigenvalue weighted by Gasteiger charge is -2.10. The van der Waals surface area contributed by atoms with Crippen molar-refractivity contribution in [3.8, 4) is 17.6 Å². The summed E-state index contributed by atoms with van der Waals surface area (Å²) in [5, 5.41) is 23.0. The van der Waals surface area contributed by atoms with Crippen molar-refractivity contribution in [2.45, 2.75) is 13.3 Å². The van der Waals surface area contributed by atoms with E-state index in [4.69, 9.17) is 9.47 Å². The van der Waals surface area contributed by atoms with E-state index in [0.29, 0.717) is 35.6 Å². The molecule has 0 fully saturated rings. The number of nitro groups is 1. The number of carbonyl (C=O) groups excluding carboxylic acids is 1. The molecule has 0 unspecified atom stereocenters. The monoisotopic (exact) mass is 395 g/mol. The first-order chi connectivity index (χ1) is 13.9. The van der Waals surface area contributed by atoms with Crippen LogP contribution in [0.4, 0.5) is 5.69 Å². The second-order valence-corrected chi connectivity index (χ2v) is 6.17. The summed E-state index contributed by atoms with van der Waals surface area (Å²) in [4.78, 5) is 22.8. The lowest BCUT2D eigenvalue weighted by Crippen LogP contribution is -2.26. The van der Waals surface area contributed by atoms with E-state index in [1.54, 1.807) is 39.3 Å². The van der Waals surface area contributed by atoms with Crippen LogP contribution in [0, 0.1) is 28.4 Å². The number of ether oxygens (including phenoxy) is 2. The highest BCUT2D eigenvalue weighted by atomic mass is 16.6. The highest BCUT2D eigenvalue weighted by Crippen LogP contribution is 2.27. The highest BCUT2D eigenvalue weighted by Gasteiger charge is 2.13. The highest BCUT2D eigenvalue weighted by molar-refractivity contribution is 6.01. The summed E-state index contributed by atoms with van der Waals surface area (Å²) < 4.78 is 10.4. The molecular formula is C21H21N3O5. The summed E-state index contributed by atoms with van der Waals surface area (Å²) in [6.45, 7) is 1.93. The standard InChI is InChI=1S/C21H21N3O5/c1-14-4-5-16(11-18(14)24(26)27)10-17(13-22)21(25)23-9-8-15-6-7-19(28-2)20(12-15)29-3/h4-7,10-12H,8-9H2,1-3H3,(H,23,25)/b17-10+. The number of amides is 1. The van der Waals surface area contributed by atoms with Gasteiger partial charge in [-0.3, -0.25) is 14.9 Å². The Kier molecular flexibility index (Phi) is 7.32. The molecule has 0 heterocycles. The number of rotatable bonds is 8. The molecule has 2 aromatic rings. The molecule has 150 valence electrons. The summed E-state index contributed by atoms with van der Waals surface area (Å²) in [5.74, 6) is 0.660. The third-order valence-corrected chi connectivity index (χ3v) is 4.25. The van der Waals surface area contributed by atoms with Gasteiger partial charge in [0.05, 0.1) is 19.1 Å². The molecule has 0 aliphatic heterocycles. The number of hydrogen-bond acceptors (Lipinski definition) is 6. The van der Waals surface area contributed by atoms with Gasteiger partial charge in [0, 0.05) is 18.2 Å². The number of nitro benzene ring substituents is 1. The van der Waals surface area contributed by atoms with E-state index in [1.807, 2.05) is 18.2 Å². The Morgan fingerprint density at radius 2 is 1.93 bits per heavy atom. The molecule has 0 saturated heterocycles. The van der Waals surface area contributed by atoms with Gasteiger partial charge in [-0.25, -0.2) is 0 Å². The zero-order chi connectivity index (χ0) is 21.4. The van der Waals surface area contributed by atoms with Gasteiger partial charge in [0.25, 0.3) is 11.6 Å². The summed E-state index contributed by atoms with van der Waals surface area (Å²) in [5.41, 5.74) is 1.65. The van der Waals surface area contributed by atoms with E-state index in [1.165, 1.54) is 12.1 Å². The first-order valence-electron chi connectivity index (χ1n) is 8.75. The lowest BCUT2D eigenvalue weighted by atomic mass is 10.1. The van der Waals surface area contributed by atoms with Crippen LogP contribution in [-0.4, -0.2) is 31.6 Å². The predicted molar refractivity (Wildman–Crippen MR) is 108 cm³/mol. The van der Waals surface area contributed by atoms with Crippen molar-refractivity contribution in [2.75, 3.05) is 20.8 Å². The molecule has 8 nitrogen and oxygen atoms in total. The summed E-state index contributed by atoms with van der Waals surface area (Å²) in [6, 6.07) is 11.8. The zero-order valence-electron chi connectivity index (χ0n) is 16.4. The number of hydrogen-bond donors (Lipinski definition) is 1. The Balaban J connectivity index is 2.05. The SMILES string of the molecule is COc1ccc(CCNC(=O)/C(C#N)=C/c2ccc(C)c([N+](=O)[O-])c2)cc1OC. The Labute approximate surface area is 168 Å². The summed E-state index contributed by atoms with van der Waals surface area (Å²) in [6.07, 6.45) is 1.86. The molecule has 0 aromatic heterocycles. The van der Waals surface area contributed by atoms with Crippen LogP contribution in [0.5, 0.6) is 11.5 Å². The van der Waals surface area contributed by atoms with Crippen molar-refractivity contribution < 1.29 is 19.2 Å². The molecule has 0 atom stereocenters. The minimum absolute atomic E-state index is 0.0649. The Hall–Kier alpha value is -3.86. The van der Waals surface area contributed by atoms with Gasteiger partial charge in [0.1, 0.15) is 11.6 Å².